The van der Waals surface area contributed by atoms with Crippen molar-refractivity contribution in [2.45, 2.75) is 4.90 Å². The van der Waals surface area contributed by atoms with Crippen molar-refractivity contribution in [3.05, 3.63) is 54.5 Å². The second kappa shape index (κ2) is 5.62. The van der Waals surface area contributed by atoms with E-state index in [1.165, 1.54) is 31.5 Å². The van der Waals surface area contributed by atoms with E-state index in [0.29, 0.717) is 27.8 Å². The van der Waals surface area contributed by atoms with E-state index in [4.69, 9.17) is 4.74 Å². The maximum atomic E-state index is 14.3. The van der Waals surface area contributed by atoms with E-state index in [2.05, 4.69) is 4.98 Å². The molecule has 1 heterocycles. The quantitative estimate of drug-likeness (QED) is 0.737. The zero-order valence-corrected chi connectivity index (χ0v) is 13.4. The lowest BCUT2D eigenvalue weighted by Gasteiger charge is -2.11. The summed E-state index contributed by atoms with van der Waals surface area (Å²) < 4.78 is 43.3. The van der Waals surface area contributed by atoms with Gasteiger partial charge in [-0.2, -0.15) is 0 Å². The van der Waals surface area contributed by atoms with Crippen LogP contribution < -0.4 is 4.74 Å². The summed E-state index contributed by atoms with van der Waals surface area (Å²) in [6.07, 6.45) is 2.60. The fourth-order valence-corrected chi connectivity index (χ4v) is 3.36. The molecule has 0 atom stereocenters. The molecule has 3 rings (SSSR count). The largest absolute Gasteiger partial charge is 0.497 e. The Hall–Kier alpha value is -2.47. The van der Waals surface area contributed by atoms with Crippen LogP contribution in [0.1, 0.15) is 0 Å². The monoisotopic (exact) mass is 331 g/mol. The van der Waals surface area contributed by atoms with Crippen LogP contribution in [-0.4, -0.2) is 26.8 Å². The van der Waals surface area contributed by atoms with Crippen molar-refractivity contribution in [3.8, 4) is 16.9 Å². The minimum atomic E-state index is -3.43. The highest BCUT2D eigenvalue weighted by molar-refractivity contribution is 7.91. The fraction of sp³-hybridized carbons (Fsp3) is 0.118. The molecule has 6 heteroatoms. The summed E-state index contributed by atoms with van der Waals surface area (Å²) in [5.41, 5.74) is 1.23. The second-order valence-corrected chi connectivity index (χ2v) is 7.11. The smallest absolute Gasteiger partial charge is 0.177 e. The van der Waals surface area contributed by atoms with Crippen molar-refractivity contribution in [3.63, 3.8) is 0 Å². The van der Waals surface area contributed by atoms with Gasteiger partial charge < -0.3 is 4.74 Å². The highest BCUT2D eigenvalue weighted by atomic mass is 32.2. The van der Waals surface area contributed by atoms with Gasteiger partial charge in [-0.05, 0) is 35.9 Å². The highest BCUT2D eigenvalue weighted by Crippen LogP contribution is 2.33. The first-order valence-electron chi connectivity index (χ1n) is 6.83. The van der Waals surface area contributed by atoms with Crippen LogP contribution in [0.5, 0.6) is 5.75 Å². The van der Waals surface area contributed by atoms with Crippen LogP contribution in [0.2, 0.25) is 0 Å². The average Bonchev–Trinajstić information content (AvgIpc) is 2.53. The molecule has 0 N–H and O–H groups in total. The van der Waals surface area contributed by atoms with Crippen molar-refractivity contribution in [1.29, 1.82) is 0 Å². The van der Waals surface area contributed by atoms with E-state index in [0.717, 1.165) is 6.26 Å². The van der Waals surface area contributed by atoms with Gasteiger partial charge in [0.05, 0.1) is 17.5 Å². The van der Waals surface area contributed by atoms with Gasteiger partial charge >= 0.3 is 0 Å². The maximum Gasteiger partial charge on any atom is 0.177 e. The van der Waals surface area contributed by atoms with E-state index in [1.807, 2.05) is 0 Å². The summed E-state index contributed by atoms with van der Waals surface area (Å²) in [5, 5.41) is 0.572. The number of methoxy groups -OCH3 is 1. The number of pyridine rings is 1. The number of benzene rings is 2. The van der Waals surface area contributed by atoms with E-state index in [1.54, 1.807) is 24.3 Å². The molecule has 0 aliphatic carbocycles. The van der Waals surface area contributed by atoms with Gasteiger partial charge in [0.15, 0.2) is 9.84 Å². The zero-order chi connectivity index (χ0) is 16.6. The molecular weight excluding hydrogens is 317 g/mol. The molecule has 0 unspecified atom stereocenters. The minimum Gasteiger partial charge on any atom is -0.497 e. The van der Waals surface area contributed by atoms with Gasteiger partial charge in [0, 0.05) is 23.4 Å². The van der Waals surface area contributed by atoms with Gasteiger partial charge in [-0.3, -0.25) is 4.98 Å². The lowest BCUT2D eigenvalue weighted by molar-refractivity contribution is 0.414. The summed E-state index contributed by atoms with van der Waals surface area (Å²) in [7, 11) is -1.93. The third-order valence-electron chi connectivity index (χ3n) is 3.60. The number of rotatable bonds is 3. The standard InChI is InChI=1S/C17H14FNO3S/c1-22-11-6-7-15(18)14(10-11)12-8-9-19-17-13(12)4-3-5-16(17)23(2,20)21/h3-10H,1-2H3. The SMILES string of the molecule is COc1ccc(F)c(-c2ccnc3c(S(C)(=O)=O)cccc23)c1. The third-order valence-corrected chi connectivity index (χ3v) is 4.73. The first-order chi connectivity index (χ1) is 10.9. The van der Waals surface area contributed by atoms with Gasteiger partial charge in [0.2, 0.25) is 0 Å². The third kappa shape index (κ3) is 2.77. The number of hydrogen-bond donors (Lipinski definition) is 0. The van der Waals surface area contributed by atoms with Gasteiger partial charge in [-0.15, -0.1) is 0 Å². The first kappa shape index (κ1) is 15.4. The molecule has 1 aromatic heterocycles. The Morgan fingerprint density at radius 3 is 2.57 bits per heavy atom. The highest BCUT2D eigenvalue weighted by Gasteiger charge is 2.16. The number of halogens is 1. The van der Waals surface area contributed by atoms with Crippen molar-refractivity contribution < 1.29 is 17.5 Å². The Balaban J connectivity index is 2.37. The molecule has 0 bridgehead atoms. The molecule has 0 amide bonds. The van der Waals surface area contributed by atoms with E-state index >= 15 is 0 Å². The molecule has 4 nitrogen and oxygen atoms in total. The molecule has 3 aromatic rings. The van der Waals surface area contributed by atoms with Gasteiger partial charge in [-0.1, -0.05) is 12.1 Å². The van der Waals surface area contributed by atoms with Gasteiger partial charge in [0.1, 0.15) is 11.6 Å². The normalized spacial score (nSPS) is 11.6. The number of hydrogen-bond acceptors (Lipinski definition) is 4. The van der Waals surface area contributed by atoms with Crippen LogP contribution in [0.25, 0.3) is 22.0 Å². The van der Waals surface area contributed by atoms with Crippen molar-refractivity contribution in [2.75, 3.05) is 13.4 Å². The molecule has 0 radical (unpaired) electrons. The lowest BCUT2D eigenvalue weighted by atomic mass is 10.0. The summed E-state index contributed by atoms with van der Waals surface area (Å²) >= 11 is 0. The Labute approximate surface area is 133 Å². The van der Waals surface area contributed by atoms with Crippen LogP contribution >= 0.6 is 0 Å². The molecule has 0 aliphatic heterocycles. The first-order valence-corrected chi connectivity index (χ1v) is 8.72. The molecule has 0 saturated carbocycles. The van der Waals surface area contributed by atoms with Gasteiger partial charge in [-0.25, -0.2) is 12.8 Å². The number of fused-ring (bicyclic) bond motifs is 1. The number of para-hydroxylation sites is 1. The van der Waals surface area contributed by atoms with Crippen LogP contribution in [0.3, 0.4) is 0 Å². The predicted molar refractivity (Wildman–Crippen MR) is 86.8 cm³/mol. The minimum absolute atomic E-state index is 0.125. The Morgan fingerprint density at radius 2 is 1.87 bits per heavy atom. The molecule has 0 aliphatic rings. The number of aromatic nitrogens is 1. The Kier molecular flexibility index (Phi) is 3.77. The van der Waals surface area contributed by atoms with Crippen molar-refractivity contribution in [2.24, 2.45) is 0 Å². The molecule has 0 fully saturated rings. The maximum absolute atomic E-state index is 14.3. The topological polar surface area (TPSA) is 56.3 Å². The van der Waals surface area contributed by atoms with Gasteiger partial charge in [0.25, 0.3) is 0 Å². The molecule has 0 saturated heterocycles. The van der Waals surface area contributed by atoms with Crippen LogP contribution in [0, 0.1) is 5.82 Å². The Morgan fingerprint density at radius 1 is 1.09 bits per heavy atom. The molecular formula is C17H14FNO3S. The Bertz CT molecular complexity index is 1000. The summed E-state index contributed by atoms with van der Waals surface area (Å²) in [6, 6.07) is 10.9. The number of sulfone groups is 1. The molecule has 23 heavy (non-hydrogen) atoms. The number of nitrogens with zero attached hydrogens (tertiary/aromatic N) is 1. The van der Waals surface area contributed by atoms with E-state index < -0.39 is 15.7 Å². The summed E-state index contributed by atoms with van der Waals surface area (Å²) in [6.45, 7) is 0. The fourth-order valence-electron chi connectivity index (χ4n) is 2.52. The molecule has 0 spiro atoms. The van der Waals surface area contributed by atoms with Crippen molar-refractivity contribution >= 4 is 20.7 Å². The lowest BCUT2D eigenvalue weighted by Crippen LogP contribution is -2.00. The predicted octanol–water partition coefficient (Wildman–Crippen LogP) is 3.45. The van der Waals surface area contributed by atoms with Crippen LogP contribution in [0.4, 0.5) is 4.39 Å². The summed E-state index contributed by atoms with van der Waals surface area (Å²) in [5.74, 6) is 0.105. The molecule has 2 aromatic carbocycles. The zero-order valence-electron chi connectivity index (χ0n) is 12.6. The van der Waals surface area contributed by atoms with Crippen LogP contribution in [0.15, 0.2) is 53.6 Å². The summed E-state index contributed by atoms with van der Waals surface area (Å²) in [4.78, 5) is 4.30. The second-order valence-electron chi connectivity index (χ2n) is 5.13. The average molecular weight is 331 g/mol. The van der Waals surface area contributed by atoms with E-state index in [-0.39, 0.29) is 4.90 Å². The van der Waals surface area contributed by atoms with Crippen molar-refractivity contribution in [1.82, 2.24) is 4.98 Å². The van der Waals surface area contributed by atoms with E-state index in [9.17, 15) is 12.8 Å². The van der Waals surface area contributed by atoms with Crippen LogP contribution in [-0.2, 0) is 9.84 Å². The number of ether oxygens (including phenoxy) is 1. The molecule has 118 valence electrons.